The summed E-state index contributed by atoms with van der Waals surface area (Å²) in [4.78, 5) is 22.8. The predicted molar refractivity (Wildman–Crippen MR) is 97.1 cm³/mol. The molecule has 2 aromatic carbocycles. The van der Waals surface area contributed by atoms with Gasteiger partial charge in [-0.15, -0.1) is 0 Å². The average Bonchev–Trinajstić information content (AvgIpc) is 2.61. The molecule has 7 heteroatoms. The molecule has 1 atom stereocenters. The summed E-state index contributed by atoms with van der Waals surface area (Å²) in [7, 11) is 0. The number of carbonyl (C=O) groups excluding carboxylic acids is 1. The first kappa shape index (κ1) is 19.4. The first-order valence-corrected chi connectivity index (χ1v) is 8.31. The molecular weight excluding hydrogens is 339 g/mol. The number of benzene rings is 2. The number of nitro groups is 1. The Bertz CT molecular complexity index is 823. The van der Waals surface area contributed by atoms with Crippen LogP contribution in [0.1, 0.15) is 36.2 Å². The van der Waals surface area contributed by atoms with Crippen LogP contribution in [-0.4, -0.2) is 17.4 Å². The topological polar surface area (TPSA) is 81.5 Å². The summed E-state index contributed by atoms with van der Waals surface area (Å²) >= 11 is 0. The molecule has 2 aromatic rings. The summed E-state index contributed by atoms with van der Waals surface area (Å²) in [5.41, 5.74) is 0.296. The smallest absolute Gasteiger partial charge is 0.274 e. The maximum absolute atomic E-state index is 14.3. The van der Waals surface area contributed by atoms with Crippen molar-refractivity contribution in [2.24, 2.45) is 5.92 Å². The Kier molecular flexibility index (Phi) is 6.27. The highest BCUT2D eigenvalue weighted by atomic mass is 19.1. The van der Waals surface area contributed by atoms with E-state index in [1.54, 1.807) is 0 Å². The van der Waals surface area contributed by atoms with Gasteiger partial charge in [-0.3, -0.25) is 14.9 Å². The number of amides is 1. The van der Waals surface area contributed by atoms with Gasteiger partial charge in [0.2, 0.25) is 0 Å². The fourth-order valence-corrected chi connectivity index (χ4v) is 2.27. The van der Waals surface area contributed by atoms with E-state index in [9.17, 15) is 19.3 Å². The number of halogens is 1. The van der Waals surface area contributed by atoms with Crippen molar-refractivity contribution in [2.45, 2.75) is 27.2 Å². The number of carbonyl (C=O) groups is 1. The van der Waals surface area contributed by atoms with E-state index in [0.29, 0.717) is 23.8 Å². The molecule has 26 heavy (non-hydrogen) atoms. The molecule has 0 aromatic heterocycles. The molecule has 138 valence electrons. The number of nitrogens with one attached hydrogen (secondary N) is 1. The molecule has 6 nitrogen and oxygen atoms in total. The third kappa shape index (κ3) is 4.56. The van der Waals surface area contributed by atoms with Crippen LogP contribution in [0.5, 0.6) is 5.75 Å². The number of anilines is 1. The number of nitrogens with zero attached hydrogens (tertiary/aromatic N) is 1. The first-order valence-electron chi connectivity index (χ1n) is 8.31. The van der Waals surface area contributed by atoms with Gasteiger partial charge in [-0.05, 0) is 31.0 Å². The van der Waals surface area contributed by atoms with Crippen LogP contribution in [0.2, 0.25) is 0 Å². The second-order valence-corrected chi connectivity index (χ2v) is 6.13. The monoisotopic (exact) mass is 360 g/mol. The highest BCUT2D eigenvalue weighted by Crippen LogP contribution is 2.26. The second kappa shape index (κ2) is 8.42. The summed E-state index contributed by atoms with van der Waals surface area (Å²) < 4.78 is 19.8. The van der Waals surface area contributed by atoms with Gasteiger partial charge in [0.15, 0.2) is 0 Å². The van der Waals surface area contributed by atoms with Crippen molar-refractivity contribution in [1.29, 1.82) is 0 Å². The molecule has 1 N–H and O–H groups in total. The molecule has 0 saturated carbocycles. The van der Waals surface area contributed by atoms with Gasteiger partial charge in [0.1, 0.15) is 11.6 Å². The maximum Gasteiger partial charge on any atom is 0.274 e. The molecule has 0 aliphatic heterocycles. The van der Waals surface area contributed by atoms with Gasteiger partial charge in [-0.1, -0.05) is 26.3 Å². The minimum absolute atomic E-state index is 0.114. The molecule has 0 aliphatic carbocycles. The molecule has 0 spiro atoms. The molecule has 0 bridgehead atoms. The van der Waals surface area contributed by atoms with E-state index in [1.165, 1.54) is 37.3 Å². The van der Waals surface area contributed by atoms with Gasteiger partial charge in [-0.2, -0.15) is 0 Å². The first-order chi connectivity index (χ1) is 12.3. The summed E-state index contributed by atoms with van der Waals surface area (Å²) in [6, 6.07) is 8.36. The highest BCUT2D eigenvalue weighted by molar-refractivity contribution is 6.05. The van der Waals surface area contributed by atoms with Gasteiger partial charge < -0.3 is 10.1 Å². The van der Waals surface area contributed by atoms with Crippen LogP contribution < -0.4 is 10.1 Å². The van der Waals surface area contributed by atoms with Crippen molar-refractivity contribution in [3.8, 4) is 5.75 Å². The lowest BCUT2D eigenvalue weighted by atomic mass is 10.1. The van der Waals surface area contributed by atoms with Crippen molar-refractivity contribution >= 4 is 17.3 Å². The van der Waals surface area contributed by atoms with Crippen molar-refractivity contribution in [3.05, 3.63) is 63.5 Å². The molecule has 1 unspecified atom stereocenters. The lowest BCUT2D eigenvalue weighted by molar-refractivity contribution is -0.385. The van der Waals surface area contributed by atoms with Gasteiger partial charge in [0.05, 0.1) is 28.3 Å². The Hall–Kier alpha value is -2.96. The molecule has 1 amide bonds. The Morgan fingerprint density at radius 3 is 2.69 bits per heavy atom. The summed E-state index contributed by atoms with van der Waals surface area (Å²) in [6.07, 6.45) is 0.950. The Balaban J connectivity index is 2.15. The fraction of sp³-hybridized carbons (Fsp3) is 0.316. The molecule has 0 saturated heterocycles. The SMILES string of the molecule is CCC(C)COc1ccc(C(=O)Nc2cccc([N+](=O)[O-])c2C)c(F)c1. The third-order valence-electron chi connectivity index (χ3n) is 4.17. The number of hydrogen-bond acceptors (Lipinski definition) is 4. The van der Waals surface area contributed by atoms with E-state index in [-0.39, 0.29) is 16.9 Å². The average molecular weight is 360 g/mol. The Morgan fingerprint density at radius 1 is 1.35 bits per heavy atom. The van der Waals surface area contributed by atoms with E-state index in [0.717, 1.165) is 12.5 Å². The number of nitro benzene ring substituents is 1. The van der Waals surface area contributed by atoms with Crippen molar-refractivity contribution < 1.29 is 18.8 Å². The van der Waals surface area contributed by atoms with Crippen LogP contribution in [0, 0.1) is 28.8 Å². The number of rotatable bonds is 7. The van der Waals surface area contributed by atoms with Crippen LogP contribution in [0.15, 0.2) is 36.4 Å². The Morgan fingerprint density at radius 2 is 2.08 bits per heavy atom. The van der Waals surface area contributed by atoms with Crippen LogP contribution in [0.3, 0.4) is 0 Å². The quantitative estimate of drug-likeness (QED) is 0.572. The minimum atomic E-state index is -0.716. The maximum atomic E-state index is 14.3. The minimum Gasteiger partial charge on any atom is -0.493 e. The molecule has 0 radical (unpaired) electrons. The van der Waals surface area contributed by atoms with E-state index >= 15 is 0 Å². The van der Waals surface area contributed by atoms with Crippen molar-refractivity contribution in [3.63, 3.8) is 0 Å². The zero-order chi connectivity index (χ0) is 19.3. The van der Waals surface area contributed by atoms with Crippen LogP contribution in [0.4, 0.5) is 15.8 Å². The third-order valence-corrected chi connectivity index (χ3v) is 4.17. The van der Waals surface area contributed by atoms with Crippen molar-refractivity contribution in [1.82, 2.24) is 0 Å². The summed E-state index contributed by atoms with van der Waals surface area (Å²) in [5.74, 6) is -0.699. The van der Waals surface area contributed by atoms with E-state index in [1.807, 2.05) is 13.8 Å². The van der Waals surface area contributed by atoms with Crippen molar-refractivity contribution in [2.75, 3.05) is 11.9 Å². The summed E-state index contributed by atoms with van der Waals surface area (Å²) in [5, 5.41) is 13.5. The lowest BCUT2D eigenvalue weighted by Crippen LogP contribution is -2.15. The van der Waals surface area contributed by atoms with Crippen LogP contribution in [-0.2, 0) is 0 Å². The zero-order valence-corrected chi connectivity index (χ0v) is 14.9. The van der Waals surface area contributed by atoms with E-state index in [2.05, 4.69) is 5.32 Å². The predicted octanol–water partition coefficient (Wildman–Crippen LogP) is 4.72. The normalized spacial score (nSPS) is 11.7. The van der Waals surface area contributed by atoms with E-state index < -0.39 is 16.6 Å². The largest absolute Gasteiger partial charge is 0.493 e. The fourth-order valence-electron chi connectivity index (χ4n) is 2.27. The standard InChI is InChI=1S/C19H21FN2O4/c1-4-12(2)11-26-14-8-9-15(16(20)10-14)19(23)21-17-6-5-7-18(13(17)3)22(24)25/h5-10,12H,4,11H2,1-3H3,(H,21,23). The highest BCUT2D eigenvalue weighted by Gasteiger charge is 2.18. The number of hydrogen-bond donors (Lipinski definition) is 1. The molecular formula is C19H21FN2O4. The van der Waals surface area contributed by atoms with E-state index in [4.69, 9.17) is 4.74 Å². The lowest BCUT2D eigenvalue weighted by Gasteiger charge is -2.12. The molecule has 0 fully saturated rings. The molecule has 2 rings (SSSR count). The van der Waals surface area contributed by atoms with Crippen LogP contribution >= 0.6 is 0 Å². The van der Waals surface area contributed by atoms with Gasteiger partial charge >= 0.3 is 0 Å². The molecule has 0 aliphatic rings. The number of ether oxygens (including phenoxy) is 1. The van der Waals surface area contributed by atoms with Gasteiger partial charge in [-0.25, -0.2) is 4.39 Å². The van der Waals surface area contributed by atoms with Crippen LogP contribution in [0.25, 0.3) is 0 Å². The molecule has 0 heterocycles. The summed E-state index contributed by atoms with van der Waals surface area (Å²) in [6.45, 7) is 6.06. The second-order valence-electron chi connectivity index (χ2n) is 6.13. The zero-order valence-electron chi connectivity index (χ0n) is 14.9. The van der Waals surface area contributed by atoms with Gasteiger partial charge in [0.25, 0.3) is 11.6 Å². The Labute approximate surface area is 151 Å². The van der Waals surface area contributed by atoms with Gasteiger partial charge in [0, 0.05) is 12.1 Å².